The molecule has 2 aliphatic heterocycles. The Kier molecular flexibility index (Phi) is 5.69. The Hall–Kier alpha value is -2.63. The van der Waals surface area contributed by atoms with E-state index in [0.29, 0.717) is 0 Å². The Morgan fingerprint density at radius 2 is 1.38 bits per heavy atom. The van der Waals surface area contributed by atoms with Gasteiger partial charge in [0.15, 0.2) is 5.78 Å². The van der Waals surface area contributed by atoms with Crippen molar-refractivity contribution in [1.82, 2.24) is 10.6 Å². The third-order valence-corrected chi connectivity index (χ3v) is 6.61. The molecule has 4 rings (SSSR count). The molecule has 6 nitrogen and oxygen atoms in total. The van der Waals surface area contributed by atoms with E-state index < -0.39 is 0 Å². The fourth-order valence-corrected chi connectivity index (χ4v) is 5.03. The Morgan fingerprint density at radius 1 is 0.759 bits per heavy atom. The number of fused-ring (bicyclic) bond motifs is 2. The fourth-order valence-electron chi connectivity index (χ4n) is 5.03. The van der Waals surface area contributed by atoms with Gasteiger partial charge < -0.3 is 15.7 Å². The first-order chi connectivity index (χ1) is 14.1. The lowest BCUT2D eigenvalue weighted by atomic mass is 9.77. The minimum atomic E-state index is -0.314. The van der Waals surface area contributed by atoms with Crippen molar-refractivity contribution in [3.8, 4) is 0 Å². The Balaban J connectivity index is 1.44. The van der Waals surface area contributed by atoms with Crippen LogP contribution in [0.15, 0.2) is 47.3 Å². The molecule has 2 heterocycles. The van der Waals surface area contributed by atoms with E-state index in [0.717, 1.165) is 51.4 Å². The van der Waals surface area contributed by atoms with Crippen molar-refractivity contribution >= 4 is 17.6 Å². The molecular weight excluding hydrogens is 368 g/mol. The lowest BCUT2D eigenvalue weighted by molar-refractivity contribution is -0.319. The SMILES string of the molecule is O=C1NC2CCCCC2C(=O)C1=CC=CC=CC1=C([O-])C2CCCCC2NC1=O. The summed E-state index contributed by atoms with van der Waals surface area (Å²) >= 11 is 0. The van der Waals surface area contributed by atoms with Crippen LogP contribution in [-0.4, -0.2) is 29.7 Å². The Bertz CT molecular complexity index is 836. The zero-order chi connectivity index (χ0) is 20.4. The first kappa shape index (κ1) is 19.7. The number of carbonyl (C=O) groups excluding carboxylic acids is 3. The summed E-state index contributed by atoms with van der Waals surface area (Å²) in [4.78, 5) is 37.1. The van der Waals surface area contributed by atoms with Crippen LogP contribution in [-0.2, 0) is 14.4 Å². The number of ketones is 1. The van der Waals surface area contributed by atoms with Crippen LogP contribution in [0.2, 0.25) is 0 Å². The average molecular weight is 395 g/mol. The van der Waals surface area contributed by atoms with Crippen LogP contribution < -0.4 is 15.7 Å². The van der Waals surface area contributed by atoms with Crippen LogP contribution >= 0.6 is 0 Å². The molecular formula is C23H27N2O4-. The topological polar surface area (TPSA) is 98.3 Å². The van der Waals surface area contributed by atoms with Crippen molar-refractivity contribution in [2.75, 3.05) is 0 Å². The number of hydrogen-bond acceptors (Lipinski definition) is 4. The summed E-state index contributed by atoms with van der Waals surface area (Å²) < 4.78 is 0. The minimum Gasteiger partial charge on any atom is -0.875 e. The van der Waals surface area contributed by atoms with Crippen molar-refractivity contribution in [3.63, 3.8) is 0 Å². The maximum absolute atomic E-state index is 12.6. The number of allylic oxidation sites excluding steroid dienone is 4. The van der Waals surface area contributed by atoms with Gasteiger partial charge >= 0.3 is 0 Å². The summed E-state index contributed by atoms with van der Waals surface area (Å²) in [5, 5.41) is 18.5. The summed E-state index contributed by atoms with van der Waals surface area (Å²) in [5.74, 6) is -1.01. The van der Waals surface area contributed by atoms with E-state index >= 15 is 0 Å². The highest BCUT2D eigenvalue weighted by Gasteiger charge is 2.39. The summed E-state index contributed by atoms with van der Waals surface area (Å²) in [6.07, 6.45) is 15.4. The minimum absolute atomic E-state index is 0.0272. The molecule has 4 unspecified atom stereocenters. The quantitative estimate of drug-likeness (QED) is 0.431. The second kappa shape index (κ2) is 8.39. The van der Waals surface area contributed by atoms with Gasteiger partial charge in [0.25, 0.3) is 11.8 Å². The average Bonchev–Trinajstić information content (AvgIpc) is 2.72. The van der Waals surface area contributed by atoms with Crippen LogP contribution in [0.4, 0.5) is 0 Å². The molecule has 154 valence electrons. The normalized spacial score (nSPS) is 34.3. The van der Waals surface area contributed by atoms with E-state index in [9.17, 15) is 19.5 Å². The molecule has 4 atom stereocenters. The molecule has 2 amide bonds. The molecule has 6 heteroatoms. The van der Waals surface area contributed by atoms with Crippen LogP contribution in [0, 0.1) is 11.8 Å². The van der Waals surface area contributed by atoms with Crippen molar-refractivity contribution in [1.29, 1.82) is 0 Å². The predicted molar refractivity (Wildman–Crippen MR) is 106 cm³/mol. The first-order valence-electron chi connectivity index (χ1n) is 10.7. The van der Waals surface area contributed by atoms with E-state index in [2.05, 4.69) is 10.6 Å². The maximum atomic E-state index is 12.6. The first-order valence-corrected chi connectivity index (χ1v) is 10.7. The van der Waals surface area contributed by atoms with Crippen LogP contribution in [0.3, 0.4) is 0 Å². The molecule has 2 saturated carbocycles. The summed E-state index contributed by atoms with van der Waals surface area (Å²) in [6, 6.07) is -0.0544. The highest BCUT2D eigenvalue weighted by atomic mass is 16.3. The predicted octanol–water partition coefficient (Wildman–Crippen LogP) is 1.59. The molecule has 3 fully saturated rings. The Labute approximate surface area is 170 Å². The largest absolute Gasteiger partial charge is 0.875 e. The molecule has 0 aromatic heterocycles. The van der Waals surface area contributed by atoms with E-state index in [1.807, 2.05) is 0 Å². The van der Waals surface area contributed by atoms with Gasteiger partial charge in [-0.05, 0) is 37.7 Å². The summed E-state index contributed by atoms with van der Waals surface area (Å²) in [6.45, 7) is 0. The molecule has 1 saturated heterocycles. The number of carbonyl (C=O) groups is 3. The molecule has 0 spiro atoms. The zero-order valence-corrected chi connectivity index (χ0v) is 16.5. The monoisotopic (exact) mass is 395 g/mol. The van der Waals surface area contributed by atoms with E-state index in [-0.39, 0.29) is 58.4 Å². The second-order valence-electron chi connectivity index (χ2n) is 8.41. The van der Waals surface area contributed by atoms with Gasteiger partial charge in [0.2, 0.25) is 0 Å². The third kappa shape index (κ3) is 3.93. The van der Waals surface area contributed by atoms with E-state index in [4.69, 9.17) is 0 Å². The molecule has 2 N–H and O–H groups in total. The number of nitrogens with one attached hydrogen (secondary N) is 2. The number of rotatable bonds is 3. The lowest BCUT2D eigenvalue weighted by Crippen LogP contribution is -2.52. The highest BCUT2D eigenvalue weighted by molar-refractivity contribution is 6.22. The number of hydrogen-bond donors (Lipinski definition) is 2. The van der Waals surface area contributed by atoms with Gasteiger partial charge in [-0.15, -0.1) is 5.76 Å². The maximum Gasteiger partial charge on any atom is 0.255 e. The third-order valence-electron chi connectivity index (χ3n) is 6.61. The van der Waals surface area contributed by atoms with E-state index in [1.54, 1.807) is 18.2 Å². The van der Waals surface area contributed by atoms with Gasteiger partial charge in [-0.3, -0.25) is 14.4 Å². The molecule has 0 aromatic carbocycles. The van der Waals surface area contributed by atoms with Crippen molar-refractivity contribution < 1.29 is 19.5 Å². The van der Waals surface area contributed by atoms with Gasteiger partial charge in [-0.2, -0.15) is 0 Å². The van der Waals surface area contributed by atoms with Crippen molar-refractivity contribution in [3.05, 3.63) is 47.3 Å². The van der Waals surface area contributed by atoms with Crippen molar-refractivity contribution in [2.45, 2.75) is 63.5 Å². The summed E-state index contributed by atoms with van der Waals surface area (Å²) in [5.41, 5.74) is 0.365. The van der Waals surface area contributed by atoms with Gasteiger partial charge in [0, 0.05) is 23.6 Å². The molecule has 0 aromatic rings. The van der Waals surface area contributed by atoms with Gasteiger partial charge in [0.1, 0.15) is 0 Å². The fraction of sp³-hybridized carbons (Fsp3) is 0.522. The van der Waals surface area contributed by atoms with E-state index in [1.165, 1.54) is 12.2 Å². The standard InChI is InChI=1S/C23H28N2O4/c26-20-14-8-4-6-12-18(14)24-22(28)16(20)10-2-1-3-11-17-21(27)15-9-5-7-13-19(15)25-23(17)29/h1-3,10-11,14-15,18-19,26H,4-9,12-13H2,(H,24,28)(H,25,29)/p-1. The number of piperidine rings is 1. The molecule has 0 radical (unpaired) electrons. The lowest BCUT2D eigenvalue weighted by Gasteiger charge is -2.41. The number of Topliss-reactive ketones (excluding diaryl/α,β-unsaturated/α-hetero) is 1. The van der Waals surface area contributed by atoms with Crippen molar-refractivity contribution in [2.24, 2.45) is 11.8 Å². The highest BCUT2D eigenvalue weighted by Crippen LogP contribution is 2.33. The second-order valence-corrected chi connectivity index (χ2v) is 8.41. The van der Waals surface area contributed by atoms with Crippen LogP contribution in [0.25, 0.3) is 0 Å². The molecule has 0 bridgehead atoms. The molecule has 4 aliphatic rings. The zero-order valence-electron chi connectivity index (χ0n) is 16.5. The summed E-state index contributed by atoms with van der Waals surface area (Å²) in [7, 11) is 0. The molecule has 2 aliphatic carbocycles. The Morgan fingerprint density at radius 3 is 2.14 bits per heavy atom. The van der Waals surface area contributed by atoms with Gasteiger partial charge in [-0.25, -0.2) is 0 Å². The van der Waals surface area contributed by atoms with Crippen LogP contribution in [0.1, 0.15) is 51.4 Å². The van der Waals surface area contributed by atoms with Gasteiger partial charge in [0.05, 0.1) is 5.57 Å². The van der Waals surface area contributed by atoms with Gasteiger partial charge in [-0.1, -0.05) is 50.0 Å². The smallest absolute Gasteiger partial charge is 0.255 e. The molecule has 29 heavy (non-hydrogen) atoms. The van der Waals surface area contributed by atoms with Crippen LogP contribution in [0.5, 0.6) is 0 Å². The number of amides is 2.